The third kappa shape index (κ3) is 4.16. The van der Waals surface area contributed by atoms with Crippen molar-refractivity contribution in [3.63, 3.8) is 0 Å². The van der Waals surface area contributed by atoms with Crippen LogP contribution in [0.15, 0.2) is 18.2 Å². The van der Waals surface area contributed by atoms with E-state index in [4.69, 9.17) is 9.47 Å². The summed E-state index contributed by atoms with van der Waals surface area (Å²) in [5.41, 5.74) is -0.731. The molecule has 102 valence electrons. The lowest BCUT2D eigenvalue weighted by atomic mass is 9.79. The van der Waals surface area contributed by atoms with Crippen LogP contribution in [-0.2, 0) is 0 Å². The topological polar surface area (TPSA) is 18.5 Å². The fourth-order valence-electron chi connectivity index (χ4n) is 1.57. The van der Waals surface area contributed by atoms with E-state index in [1.807, 2.05) is 6.92 Å². The molecule has 1 rings (SSSR count). The molecule has 1 aromatic rings. The average molecular weight is 261 g/mol. The predicted molar refractivity (Wildman–Crippen MR) is 66.7 cm³/mol. The maximum absolute atomic E-state index is 12.9. The molecule has 18 heavy (non-hydrogen) atoms. The van der Waals surface area contributed by atoms with Crippen LogP contribution < -0.4 is 14.9 Å². The number of benzene rings is 1. The van der Waals surface area contributed by atoms with Gasteiger partial charge in [-0.15, -0.1) is 0 Å². The first-order chi connectivity index (χ1) is 8.49. The van der Waals surface area contributed by atoms with Crippen LogP contribution >= 0.6 is 0 Å². The third-order valence-corrected chi connectivity index (χ3v) is 2.58. The fraction of sp³-hybridized carbons (Fsp3) is 0.500. The Morgan fingerprint density at radius 2 is 1.89 bits per heavy atom. The van der Waals surface area contributed by atoms with Gasteiger partial charge in [-0.25, -0.2) is 0 Å². The Bertz CT molecular complexity index is 380. The van der Waals surface area contributed by atoms with E-state index in [2.05, 4.69) is 0 Å². The highest BCUT2D eigenvalue weighted by Gasteiger charge is 2.29. The number of hydrogen-bond acceptors (Lipinski definition) is 2. The first-order valence-corrected chi connectivity index (χ1v) is 5.99. The van der Waals surface area contributed by atoms with Crippen LogP contribution in [0.3, 0.4) is 0 Å². The van der Waals surface area contributed by atoms with Crippen molar-refractivity contribution in [3.8, 4) is 11.5 Å². The molecule has 0 spiro atoms. The third-order valence-electron chi connectivity index (χ3n) is 2.58. The van der Waals surface area contributed by atoms with Crippen LogP contribution in [0.4, 0.5) is 12.9 Å². The van der Waals surface area contributed by atoms with Gasteiger partial charge in [-0.1, -0.05) is 25.2 Å². The molecule has 0 unspecified atom stereocenters. The number of rotatable bonds is 7. The minimum absolute atomic E-state index is 0.112. The summed E-state index contributed by atoms with van der Waals surface area (Å²) in [5.74, 6) is 0.0736. The van der Waals surface area contributed by atoms with Gasteiger partial charge in [0.25, 0.3) is 0 Å². The molecular weight excluding hydrogens is 244 g/mol. The normalized spacial score (nSPS) is 11.4. The van der Waals surface area contributed by atoms with E-state index in [0.717, 1.165) is 25.3 Å². The molecule has 0 heterocycles. The maximum atomic E-state index is 12.9. The second-order valence-corrected chi connectivity index (χ2v) is 4.03. The average Bonchev–Trinajstić information content (AvgIpc) is 2.33. The molecule has 0 bridgehead atoms. The zero-order valence-electron chi connectivity index (χ0n) is 10.6. The Morgan fingerprint density at radius 3 is 2.44 bits per heavy atom. The van der Waals surface area contributed by atoms with Crippen molar-refractivity contribution in [2.24, 2.45) is 0 Å². The predicted octanol–water partition coefficient (Wildman–Crippen LogP) is 3.32. The molecule has 0 amide bonds. The summed E-state index contributed by atoms with van der Waals surface area (Å²) >= 11 is 0. The molecule has 0 atom stereocenters. The Morgan fingerprint density at radius 1 is 1.17 bits per heavy atom. The zero-order valence-corrected chi connectivity index (χ0v) is 10.6. The van der Waals surface area contributed by atoms with Gasteiger partial charge in [0.05, 0.1) is 19.5 Å². The lowest BCUT2D eigenvalue weighted by Gasteiger charge is -2.20. The van der Waals surface area contributed by atoms with Crippen molar-refractivity contribution in [1.82, 2.24) is 0 Å². The fourth-order valence-corrected chi connectivity index (χ4v) is 1.57. The largest absolute Gasteiger partial charge is 0.513 e. The van der Waals surface area contributed by atoms with Crippen molar-refractivity contribution < 1.29 is 22.4 Å². The van der Waals surface area contributed by atoms with Crippen LogP contribution in [0.2, 0.25) is 0 Å². The van der Waals surface area contributed by atoms with Gasteiger partial charge in [-0.2, -0.15) is 0 Å². The maximum Gasteiger partial charge on any atom is 0.513 e. The monoisotopic (exact) mass is 261 g/mol. The molecule has 2 nitrogen and oxygen atoms in total. The molecule has 0 aliphatic carbocycles. The number of methoxy groups -OCH3 is 1. The van der Waals surface area contributed by atoms with Crippen molar-refractivity contribution in [1.29, 1.82) is 0 Å². The molecule has 1 aromatic carbocycles. The van der Waals surface area contributed by atoms with Crippen LogP contribution in [-0.4, -0.2) is 20.7 Å². The highest BCUT2D eigenvalue weighted by atomic mass is 19.4. The summed E-state index contributed by atoms with van der Waals surface area (Å²) in [7, 11) is 1.34. The van der Waals surface area contributed by atoms with Gasteiger partial charge in [-0.05, 0) is 24.6 Å². The first-order valence-electron chi connectivity index (χ1n) is 5.99. The van der Waals surface area contributed by atoms with Gasteiger partial charge in [-0.3, -0.25) is 0 Å². The summed E-state index contributed by atoms with van der Waals surface area (Å²) < 4.78 is 48.6. The van der Waals surface area contributed by atoms with Gasteiger partial charge < -0.3 is 22.4 Å². The Kier molecular flexibility index (Phi) is 5.37. The first kappa shape index (κ1) is 14.7. The number of ether oxygens (including phenoxy) is 2. The molecule has 0 aliphatic rings. The Balaban J connectivity index is 2.82. The number of unbranched alkanes of at least 4 members (excludes halogenated alkanes) is 2. The standard InChI is InChI=1S/C12H17BF3O2/c1-3-4-5-8-18-12-7-6-10(17-2)9-11(12)13(14,15)16/h6-7,9H,3-5,8H2,1-2H3/q-1. The van der Waals surface area contributed by atoms with Crippen molar-refractivity contribution >= 4 is 12.4 Å². The molecule has 0 aromatic heterocycles. The molecular formula is C12H17BF3O2-. The number of hydrogen-bond donors (Lipinski definition) is 0. The molecule has 0 saturated heterocycles. The number of halogens is 3. The van der Waals surface area contributed by atoms with E-state index in [-0.39, 0.29) is 11.5 Å². The second-order valence-electron chi connectivity index (χ2n) is 4.03. The van der Waals surface area contributed by atoms with Crippen molar-refractivity contribution in [2.45, 2.75) is 26.2 Å². The second kappa shape index (κ2) is 6.57. The van der Waals surface area contributed by atoms with Crippen LogP contribution in [0.5, 0.6) is 11.5 Å². The van der Waals surface area contributed by atoms with Gasteiger partial charge in [0.15, 0.2) is 0 Å². The quantitative estimate of drug-likeness (QED) is 0.553. The van der Waals surface area contributed by atoms with Gasteiger partial charge >= 0.3 is 6.98 Å². The summed E-state index contributed by atoms with van der Waals surface area (Å²) in [5, 5.41) is 0. The van der Waals surface area contributed by atoms with Crippen LogP contribution in [0.1, 0.15) is 26.2 Å². The van der Waals surface area contributed by atoms with Gasteiger partial charge in [0, 0.05) is 0 Å². The molecule has 0 aliphatic heterocycles. The smallest absolute Gasteiger partial charge is 0.497 e. The lowest BCUT2D eigenvalue weighted by Crippen LogP contribution is -2.35. The van der Waals surface area contributed by atoms with E-state index in [9.17, 15) is 12.9 Å². The van der Waals surface area contributed by atoms with Gasteiger partial charge in [0.2, 0.25) is 0 Å². The van der Waals surface area contributed by atoms with Crippen LogP contribution in [0, 0.1) is 0 Å². The van der Waals surface area contributed by atoms with Crippen LogP contribution in [0.25, 0.3) is 0 Å². The summed E-state index contributed by atoms with van der Waals surface area (Å²) in [4.78, 5) is 0. The molecule has 0 fully saturated rings. The van der Waals surface area contributed by atoms with E-state index < -0.39 is 12.4 Å². The van der Waals surface area contributed by atoms with E-state index >= 15 is 0 Å². The molecule has 6 heteroatoms. The summed E-state index contributed by atoms with van der Waals surface area (Å²) in [6.07, 6.45) is 2.71. The highest BCUT2D eigenvalue weighted by Crippen LogP contribution is 2.22. The van der Waals surface area contributed by atoms with Crippen molar-refractivity contribution in [2.75, 3.05) is 13.7 Å². The zero-order chi connectivity index (χ0) is 13.6. The molecule has 0 radical (unpaired) electrons. The van der Waals surface area contributed by atoms with Gasteiger partial charge in [0.1, 0.15) is 5.75 Å². The molecule has 0 N–H and O–H groups in total. The Labute approximate surface area is 105 Å². The summed E-state index contributed by atoms with van der Waals surface area (Å²) in [6.45, 7) is -2.76. The molecule has 0 saturated carbocycles. The highest BCUT2D eigenvalue weighted by molar-refractivity contribution is 6.74. The Hall–Kier alpha value is -1.33. The lowest BCUT2D eigenvalue weighted by molar-refractivity contribution is 0.306. The van der Waals surface area contributed by atoms with E-state index in [1.54, 1.807) is 0 Å². The minimum atomic E-state index is -5.09. The van der Waals surface area contributed by atoms with Crippen molar-refractivity contribution in [3.05, 3.63) is 18.2 Å². The summed E-state index contributed by atoms with van der Waals surface area (Å²) in [6, 6.07) is 3.77. The SMILES string of the molecule is CCCCCOc1ccc(OC)cc1[B-](F)(F)F. The van der Waals surface area contributed by atoms with E-state index in [0.29, 0.717) is 6.61 Å². The van der Waals surface area contributed by atoms with E-state index in [1.165, 1.54) is 19.2 Å². The minimum Gasteiger partial charge on any atom is -0.497 e.